The first-order valence-electron chi connectivity index (χ1n) is 12.0. The summed E-state index contributed by atoms with van der Waals surface area (Å²) in [6.07, 6.45) is 0. The van der Waals surface area contributed by atoms with Gasteiger partial charge in [0.15, 0.2) is 0 Å². The van der Waals surface area contributed by atoms with E-state index in [1.807, 2.05) is 0 Å². The molecule has 166 valence electrons. The molecule has 0 bridgehead atoms. The molecule has 6 rings (SSSR count). The van der Waals surface area contributed by atoms with Gasteiger partial charge < -0.3 is 4.90 Å². The zero-order valence-electron chi connectivity index (χ0n) is 19.4. The molecule has 1 heteroatoms. The highest BCUT2D eigenvalue weighted by Gasteiger charge is 2.16. The van der Waals surface area contributed by atoms with Crippen LogP contribution in [0.4, 0.5) is 17.1 Å². The predicted molar refractivity (Wildman–Crippen MR) is 150 cm³/mol. The Labute approximate surface area is 206 Å². The Hall–Kier alpha value is -4.62. The van der Waals surface area contributed by atoms with Crippen molar-refractivity contribution in [2.45, 2.75) is 0 Å². The maximum atomic E-state index is 2.34. The minimum absolute atomic E-state index is 1.13. The van der Waals surface area contributed by atoms with Crippen LogP contribution in [0.2, 0.25) is 0 Å². The second kappa shape index (κ2) is 9.32. The van der Waals surface area contributed by atoms with Crippen molar-refractivity contribution in [1.82, 2.24) is 0 Å². The molecule has 0 aliphatic heterocycles. The predicted octanol–water partition coefficient (Wildman–Crippen LogP) is 9.64. The number of para-hydroxylation sites is 2. The van der Waals surface area contributed by atoms with E-state index in [1.165, 1.54) is 33.0 Å². The molecule has 0 radical (unpaired) electrons. The third kappa shape index (κ3) is 4.09. The SMILES string of the molecule is c1ccc(-c2ccccc2N(c2ccccc2)c2ccc(-c3cccc4ccccc34)cc2)cc1. The Morgan fingerprint density at radius 2 is 0.886 bits per heavy atom. The fourth-order valence-corrected chi connectivity index (χ4v) is 4.80. The Kier molecular flexibility index (Phi) is 5.58. The minimum Gasteiger partial charge on any atom is -0.310 e. The van der Waals surface area contributed by atoms with E-state index in [4.69, 9.17) is 0 Å². The van der Waals surface area contributed by atoms with Gasteiger partial charge in [0, 0.05) is 16.9 Å². The zero-order valence-corrected chi connectivity index (χ0v) is 19.4. The van der Waals surface area contributed by atoms with Gasteiger partial charge in [0.05, 0.1) is 5.69 Å². The third-order valence-electron chi connectivity index (χ3n) is 6.47. The molecule has 0 aromatic heterocycles. The molecule has 0 heterocycles. The summed E-state index contributed by atoms with van der Waals surface area (Å²) >= 11 is 0. The van der Waals surface area contributed by atoms with Gasteiger partial charge in [-0.05, 0) is 57.8 Å². The van der Waals surface area contributed by atoms with E-state index in [0.29, 0.717) is 0 Å². The first kappa shape index (κ1) is 20.9. The van der Waals surface area contributed by atoms with E-state index in [1.54, 1.807) is 0 Å². The Bertz CT molecular complexity index is 1560. The molecule has 0 unspecified atom stereocenters. The van der Waals surface area contributed by atoms with Crippen LogP contribution in [0, 0.1) is 0 Å². The van der Waals surface area contributed by atoms with Crippen LogP contribution in [0.25, 0.3) is 33.0 Å². The average Bonchev–Trinajstić information content (AvgIpc) is 2.95. The fourth-order valence-electron chi connectivity index (χ4n) is 4.80. The number of anilines is 3. The summed E-state index contributed by atoms with van der Waals surface area (Å²) in [6, 6.07) is 53.8. The van der Waals surface area contributed by atoms with Gasteiger partial charge in [0.2, 0.25) is 0 Å². The molecule has 6 aromatic carbocycles. The normalized spacial score (nSPS) is 10.9. The van der Waals surface area contributed by atoms with Crippen molar-refractivity contribution in [3.63, 3.8) is 0 Å². The van der Waals surface area contributed by atoms with E-state index in [2.05, 4.69) is 157 Å². The molecule has 6 aromatic rings. The molecule has 1 nitrogen and oxygen atoms in total. The van der Waals surface area contributed by atoms with Crippen molar-refractivity contribution in [3.05, 3.63) is 152 Å². The van der Waals surface area contributed by atoms with Gasteiger partial charge in [-0.25, -0.2) is 0 Å². The molecular formula is C34H25N. The quantitative estimate of drug-likeness (QED) is 0.254. The lowest BCUT2D eigenvalue weighted by Crippen LogP contribution is -2.11. The molecule has 0 N–H and O–H groups in total. The van der Waals surface area contributed by atoms with Crippen LogP contribution in [0.15, 0.2) is 152 Å². The van der Waals surface area contributed by atoms with E-state index in [-0.39, 0.29) is 0 Å². The maximum Gasteiger partial charge on any atom is 0.0540 e. The fraction of sp³-hybridized carbons (Fsp3) is 0. The molecule has 0 aliphatic carbocycles. The number of benzene rings is 6. The molecule has 35 heavy (non-hydrogen) atoms. The molecule has 0 fully saturated rings. The van der Waals surface area contributed by atoms with Crippen molar-refractivity contribution < 1.29 is 0 Å². The van der Waals surface area contributed by atoms with Crippen LogP contribution in [0.1, 0.15) is 0 Å². The van der Waals surface area contributed by atoms with Crippen LogP contribution in [0.5, 0.6) is 0 Å². The minimum atomic E-state index is 1.13. The lowest BCUT2D eigenvalue weighted by Gasteiger charge is -2.28. The average molecular weight is 448 g/mol. The van der Waals surface area contributed by atoms with Crippen LogP contribution < -0.4 is 4.90 Å². The van der Waals surface area contributed by atoms with Crippen molar-refractivity contribution in [3.8, 4) is 22.3 Å². The van der Waals surface area contributed by atoms with Gasteiger partial charge >= 0.3 is 0 Å². The van der Waals surface area contributed by atoms with Crippen LogP contribution in [-0.2, 0) is 0 Å². The highest BCUT2D eigenvalue weighted by Crippen LogP contribution is 2.41. The number of nitrogens with zero attached hydrogens (tertiary/aromatic N) is 1. The third-order valence-corrected chi connectivity index (χ3v) is 6.47. The molecule has 0 spiro atoms. The Balaban J connectivity index is 1.48. The lowest BCUT2D eigenvalue weighted by atomic mass is 9.97. The van der Waals surface area contributed by atoms with E-state index < -0.39 is 0 Å². The first-order chi connectivity index (χ1) is 17.4. The summed E-state index contributed by atoms with van der Waals surface area (Å²) in [5, 5.41) is 2.54. The molecule has 0 atom stereocenters. The Morgan fingerprint density at radius 3 is 1.69 bits per heavy atom. The van der Waals surface area contributed by atoms with Gasteiger partial charge in [-0.3, -0.25) is 0 Å². The monoisotopic (exact) mass is 447 g/mol. The van der Waals surface area contributed by atoms with E-state index in [9.17, 15) is 0 Å². The van der Waals surface area contributed by atoms with Gasteiger partial charge in [-0.2, -0.15) is 0 Å². The Morgan fingerprint density at radius 1 is 0.343 bits per heavy atom. The van der Waals surface area contributed by atoms with Crippen molar-refractivity contribution in [2.24, 2.45) is 0 Å². The molecule has 0 saturated heterocycles. The molecule has 0 aliphatic rings. The summed E-state index contributed by atoms with van der Waals surface area (Å²) in [4.78, 5) is 2.34. The first-order valence-corrected chi connectivity index (χ1v) is 12.0. The van der Waals surface area contributed by atoms with E-state index in [0.717, 1.165) is 17.1 Å². The summed E-state index contributed by atoms with van der Waals surface area (Å²) in [5.41, 5.74) is 8.30. The lowest BCUT2D eigenvalue weighted by molar-refractivity contribution is 1.28. The topological polar surface area (TPSA) is 3.24 Å². The second-order valence-corrected chi connectivity index (χ2v) is 8.63. The molecule has 0 saturated carbocycles. The van der Waals surface area contributed by atoms with Crippen molar-refractivity contribution >= 4 is 27.8 Å². The smallest absolute Gasteiger partial charge is 0.0540 e. The summed E-state index contributed by atoms with van der Waals surface area (Å²) < 4.78 is 0. The van der Waals surface area contributed by atoms with Gasteiger partial charge in [0.25, 0.3) is 0 Å². The number of hydrogen-bond acceptors (Lipinski definition) is 1. The van der Waals surface area contributed by atoms with Crippen LogP contribution >= 0.6 is 0 Å². The standard InChI is InChI=1S/C34H25N/c1-3-12-27(13-4-1)33-19-9-10-21-34(33)35(29-16-5-2-6-17-29)30-24-22-28(23-25-30)32-20-11-15-26-14-7-8-18-31(26)32/h1-25H. The number of hydrogen-bond donors (Lipinski definition) is 0. The summed E-state index contributed by atoms with van der Waals surface area (Å²) in [7, 11) is 0. The second-order valence-electron chi connectivity index (χ2n) is 8.63. The van der Waals surface area contributed by atoms with Crippen molar-refractivity contribution in [2.75, 3.05) is 4.90 Å². The largest absolute Gasteiger partial charge is 0.310 e. The highest BCUT2D eigenvalue weighted by molar-refractivity contribution is 5.97. The van der Waals surface area contributed by atoms with Gasteiger partial charge in [-0.15, -0.1) is 0 Å². The maximum absolute atomic E-state index is 2.34. The van der Waals surface area contributed by atoms with Gasteiger partial charge in [0.1, 0.15) is 0 Å². The van der Waals surface area contributed by atoms with Crippen LogP contribution in [0.3, 0.4) is 0 Å². The van der Waals surface area contributed by atoms with Gasteiger partial charge in [-0.1, -0.05) is 121 Å². The summed E-state index contributed by atoms with van der Waals surface area (Å²) in [6.45, 7) is 0. The number of rotatable bonds is 5. The van der Waals surface area contributed by atoms with Crippen LogP contribution in [-0.4, -0.2) is 0 Å². The molecule has 0 amide bonds. The van der Waals surface area contributed by atoms with Crippen molar-refractivity contribution in [1.29, 1.82) is 0 Å². The van der Waals surface area contributed by atoms with E-state index >= 15 is 0 Å². The molecular weight excluding hydrogens is 422 g/mol. The zero-order chi connectivity index (χ0) is 23.5. The summed E-state index contributed by atoms with van der Waals surface area (Å²) in [5.74, 6) is 0. The highest BCUT2D eigenvalue weighted by atomic mass is 15.1. The number of fused-ring (bicyclic) bond motifs is 1.